The number of benzene rings is 2. The van der Waals surface area contributed by atoms with Crippen LogP contribution in [0.15, 0.2) is 60.1 Å². The number of hydrogen-bond donors (Lipinski definition) is 2. The summed E-state index contributed by atoms with van der Waals surface area (Å²) >= 11 is 0. The Morgan fingerprint density at radius 3 is 2.82 bits per heavy atom. The second-order valence-electron chi connectivity index (χ2n) is 8.24. The number of nitrogens with zero attached hydrogens (tertiary/aromatic N) is 3. The number of ether oxygens (including phenoxy) is 2. The van der Waals surface area contributed by atoms with Crippen LogP contribution >= 0.6 is 24.0 Å². The van der Waals surface area contributed by atoms with Gasteiger partial charge in [0.05, 0.1) is 19.5 Å². The average molecular weight is 575 g/mol. The first kappa shape index (κ1) is 25.9. The number of nitrogens with one attached hydrogen (secondary N) is 2. The van der Waals surface area contributed by atoms with Crippen molar-refractivity contribution in [1.82, 2.24) is 20.2 Å². The lowest BCUT2D eigenvalue weighted by Crippen LogP contribution is -2.36. The van der Waals surface area contributed by atoms with E-state index in [9.17, 15) is 0 Å². The highest BCUT2D eigenvalue weighted by Gasteiger charge is 2.21. The maximum absolute atomic E-state index is 5.95. The molecule has 34 heavy (non-hydrogen) atoms. The van der Waals surface area contributed by atoms with E-state index in [1.54, 1.807) is 6.20 Å². The minimum atomic E-state index is 0. The minimum absolute atomic E-state index is 0. The van der Waals surface area contributed by atoms with Gasteiger partial charge >= 0.3 is 0 Å². The van der Waals surface area contributed by atoms with Crippen LogP contribution in [0.2, 0.25) is 0 Å². The summed E-state index contributed by atoms with van der Waals surface area (Å²) in [6.45, 7) is 9.59. The van der Waals surface area contributed by atoms with Gasteiger partial charge in [0, 0.05) is 49.6 Å². The Hall–Kier alpha value is -2.75. The molecule has 0 saturated heterocycles. The summed E-state index contributed by atoms with van der Waals surface area (Å²) in [6, 6.07) is 12.7. The lowest BCUT2D eigenvalue weighted by molar-refractivity contribution is 0.254. The molecule has 1 unspecified atom stereocenters. The number of hydrogen-bond acceptors (Lipinski definition) is 4. The van der Waals surface area contributed by atoms with Crippen molar-refractivity contribution in [3.8, 4) is 11.5 Å². The van der Waals surface area contributed by atoms with Crippen molar-refractivity contribution >= 4 is 29.9 Å². The molecule has 1 atom stereocenters. The number of imidazole rings is 1. The van der Waals surface area contributed by atoms with Crippen molar-refractivity contribution in [2.45, 2.75) is 52.9 Å². The second kappa shape index (κ2) is 12.6. The Labute approximate surface area is 219 Å². The number of aliphatic imine (C=N–C) groups is 1. The second-order valence-corrected chi connectivity index (χ2v) is 8.24. The van der Waals surface area contributed by atoms with E-state index in [1.807, 2.05) is 19.4 Å². The molecule has 0 fully saturated rings. The van der Waals surface area contributed by atoms with Crippen molar-refractivity contribution < 1.29 is 9.47 Å². The van der Waals surface area contributed by atoms with Crippen molar-refractivity contribution in [1.29, 1.82) is 0 Å². The van der Waals surface area contributed by atoms with Crippen molar-refractivity contribution in [2.75, 3.05) is 13.2 Å². The van der Waals surface area contributed by atoms with Crippen molar-refractivity contribution in [3.05, 3.63) is 77.4 Å². The fourth-order valence-corrected chi connectivity index (χ4v) is 4.02. The summed E-state index contributed by atoms with van der Waals surface area (Å²) in [4.78, 5) is 8.91. The van der Waals surface area contributed by atoms with Crippen LogP contribution in [0.1, 0.15) is 43.0 Å². The van der Waals surface area contributed by atoms with Gasteiger partial charge in [-0.15, -0.1) is 24.0 Å². The molecule has 4 rings (SSSR count). The zero-order valence-electron chi connectivity index (χ0n) is 20.1. The molecule has 7 nitrogen and oxygen atoms in total. The third kappa shape index (κ3) is 6.88. The van der Waals surface area contributed by atoms with E-state index in [-0.39, 0.29) is 30.1 Å². The monoisotopic (exact) mass is 575 g/mol. The van der Waals surface area contributed by atoms with E-state index in [0.29, 0.717) is 19.7 Å². The predicted octanol–water partition coefficient (Wildman–Crippen LogP) is 4.53. The average Bonchev–Trinajstić information content (AvgIpc) is 3.44. The normalized spacial score (nSPS) is 14.7. The third-order valence-electron chi connectivity index (χ3n) is 5.50. The number of rotatable bonds is 9. The SMILES string of the molecule is CCNC(=NCc1cccc(Cn2ccnc2)c1)NCc1cc2c(cc1OCC)CC(C)O2.I. The molecule has 1 aromatic heterocycles. The number of guanidine groups is 1. The van der Waals surface area contributed by atoms with Crippen LogP contribution in [-0.2, 0) is 26.1 Å². The lowest BCUT2D eigenvalue weighted by atomic mass is 10.1. The summed E-state index contributed by atoms with van der Waals surface area (Å²) in [5.41, 5.74) is 4.68. The summed E-state index contributed by atoms with van der Waals surface area (Å²) in [5.74, 6) is 2.64. The van der Waals surface area contributed by atoms with Gasteiger partial charge in [-0.05, 0) is 44.0 Å². The van der Waals surface area contributed by atoms with Crippen LogP contribution in [0, 0.1) is 0 Å². The fraction of sp³-hybridized carbons (Fsp3) is 0.385. The number of halogens is 1. The van der Waals surface area contributed by atoms with Crippen LogP contribution in [0.4, 0.5) is 0 Å². The Balaban J connectivity index is 0.00000324. The molecular weight excluding hydrogens is 541 g/mol. The summed E-state index contributed by atoms with van der Waals surface area (Å²) < 4.78 is 13.9. The maximum Gasteiger partial charge on any atom is 0.191 e. The first-order valence-electron chi connectivity index (χ1n) is 11.7. The van der Waals surface area contributed by atoms with E-state index in [1.165, 1.54) is 16.7 Å². The highest BCUT2D eigenvalue weighted by Crippen LogP contribution is 2.35. The standard InChI is InChI=1S/C26H33N5O2.HI/c1-4-28-26(29-15-20-7-6-8-21(12-20)17-31-10-9-27-18-31)30-16-23-14-25-22(11-19(3)33-25)13-24(23)32-5-2;/h6-10,12-14,18-19H,4-5,11,15-17H2,1-3H3,(H2,28,29,30);1H. The van der Waals surface area contributed by atoms with Gasteiger partial charge in [0.2, 0.25) is 0 Å². The Bertz CT molecular complexity index is 1080. The molecular formula is C26H34IN5O2. The molecule has 1 aliphatic heterocycles. The number of aromatic nitrogens is 2. The molecule has 0 radical (unpaired) electrons. The molecule has 1 aliphatic rings. The van der Waals surface area contributed by atoms with Gasteiger partial charge in [-0.2, -0.15) is 0 Å². The topological polar surface area (TPSA) is 72.7 Å². The van der Waals surface area contributed by atoms with E-state index in [2.05, 4.69) is 70.4 Å². The van der Waals surface area contributed by atoms with E-state index in [0.717, 1.165) is 42.5 Å². The maximum atomic E-state index is 5.95. The quantitative estimate of drug-likeness (QED) is 0.223. The van der Waals surface area contributed by atoms with E-state index >= 15 is 0 Å². The largest absolute Gasteiger partial charge is 0.494 e. The van der Waals surface area contributed by atoms with Crippen molar-refractivity contribution in [3.63, 3.8) is 0 Å². The highest BCUT2D eigenvalue weighted by molar-refractivity contribution is 14.0. The van der Waals surface area contributed by atoms with Gasteiger partial charge in [-0.1, -0.05) is 24.3 Å². The molecule has 182 valence electrons. The van der Waals surface area contributed by atoms with Gasteiger partial charge in [-0.3, -0.25) is 0 Å². The van der Waals surface area contributed by atoms with Crippen molar-refractivity contribution in [2.24, 2.45) is 4.99 Å². The van der Waals surface area contributed by atoms with Crippen LogP contribution < -0.4 is 20.1 Å². The molecule has 3 aromatic rings. The van der Waals surface area contributed by atoms with E-state index < -0.39 is 0 Å². The molecule has 2 N–H and O–H groups in total. The molecule has 0 bridgehead atoms. The Morgan fingerprint density at radius 2 is 2.06 bits per heavy atom. The summed E-state index contributed by atoms with van der Waals surface area (Å²) in [7, 11) is 0. The predicted molar refractivity (Wildman–Crippen MR) is 146 cm³/mol. The minimum Gasteiger partial charge on any atom is -0.494 e. The third-order valence-corrected chi connectivity index (χ3v) is 5.50. The van der Waals surface area contributed by atoms with Gasteiger partial charge in [0.25, 0.3) is 0 Å². The van der Waals surface area contributed by atoms with E-state index in [4.69, 9.17) is 14.5 Å². The molecule has 0 saturated carbocycles. The molecule has 0 spiro atoms. The molecule has 0 aliphatic carbocycles. The summed E-state index contributed by atoms with van der Waals surface area (Å²) in [5, 5.41) is 6.79. The molecule has 2 aromatic carbocycles. The van der Waals surface area contributed by atoms with Gasteiger partial charge in [-0.25, -0.2) is 9.98 Å². The van der Waals surface area contributed by atoms with Gasteiger partial charge < -0.3 is 24.7 Å². The molecule has 0 amide bonds. The molecule has 2 heterocycles. The Kier molecular flexibility index (Phi) is 9.62. The fourth-order valence-electron chi connectivity index (χ4n) is 4.02. The Morgan fingerprint density at radius 1 is 1.21 bits per heavy atom. The lowest BCUT2D eigenvalue weighted by Gasteiger charge is -2.15. The molecule has 8 heteroatoms. The van der Waals surface area contributed by atoms with Crippen LogP contribution in [0.5, 0.6) is 11.5 Å². The van der Waals surface area contributed by atoms with Gasteiger partial charge in [0.15, 0.2) is 5.96 Å². The first-order chi connectivity index (χ1) is 16.1. The first-order valence-corrected chi connectivity index (χ1v) is 11.7. The smallest absolute Gasteiger partial charge is 0.191 e. The summed E-state index contributed by atoms with van der Waals surface area (Å²) in [6.07, 6.45) is 6.74. The van der Waals surface area contributed by atoms with Gasteiger partial charge in [0.1, 0.15) is 17.6 Å². The zero-order chi connectivity index (χ0) is 23.0. The van der Waals surface area contributed by atoms with Crippen LogP contribution in [0.25, 0.3) is 0 Å². The highest BCUT2D eigenvalue weighted by atomic mass is 127. The van der Waals surface area contributed by atoms with Crippen LogP contribution in [-0.4, -0.2) is 34.8 Å². The zero-order valence-corrected chi connectivity index (χ0v) is 22.4. The number of fused-ring (bicyclic) bond motifs is 1. The van der Waals surface area contributed by atoms with Crippen LogP contribution in [0.3, 0.4) is 0 Å².